The van der Waals surface area contributed by atoms with Crippen LogP contribution in [0.15, 0.2) is 34.5 Å². The number of aryl methyl sites for hydroxylation is 1. The molecule has 0 fully saturated rings. The zero-order valence-corrected chi connectivity index (χ0v) is 12.8. The van der Waals surface area contributed by atoms with Crippen LogP contribution in [0.5, 0.6) is 0 Å². The van der Waals surface area contributed by atoms with Crippen LogP contribution >= 0.6 is 23.1 Å². The van der Waals surface area contributed by atoms with Crippen molar-refractivity contribution in [3.05, 3.63) is 40.9 Å². The van der Waals surface area contributed by atoms with Crippen molar-refractivity contribution in [2.75, 3.05) is 5.32 Å². The molecule has 3 nitrogen and oxygen atoms in total. The monoisotopic (exact) mass is 292 g/mol. The van der Waals surface area contributed by atoms with Gasteiger partial charge in [0.05, 0.1) is 11.3 Å². The summed E-state index contributed by atoms with van der Waals surface area (Å²) >= 11 is 3.13. The number of rotatable bonds is 4. The molecule has 5 heteroatoms. The van der Waals surface area contributed by atoms with Crippen molar-refractivity contribution in [1.29, 1.82) is 0 Å². The Morgan fingerprint density at radius 1 is 1.37 bits per heavy atom. The molecule has 2 rings (SSSR count). The zero-order valence-electron chi connectivity index (χ0n) is 11.1. The van der Waals surface area contributed by atoms with Crippen LogP contribution in [0.25, 0.3) is 0 Å². The summed E-state index contributed by atoms with van der Waals surface area (Å²) in [7, 11) is 0. The van der Waals surface area contributed by atoms with Gasteiger partial charge in [-0.05, 0) is 19.1 Å². The van der Waals surface area contributed by atoms with Crippen molar-refractivity contribution < 1.29 is 4.79 Å². The van der Waals surface area contributed by atoms with E-state index in [1.54, 1.807) is 11.8 Å². The van der Waals surface area contributed by atoms with Gasteiger partial charge >= 0.3 is 0 Å². The lowest BCUT2D eigenvalue weighted by molar-refractivity contribution is 0.102. The van der Waals surface area contributed by atoms with E-state index in [1.165, 1.54) is 11.3 Å². The number of carbonyl (C=O) groups is 1. The maximum atomic E-state index is 12.3. The van der Waals surface area contributed by atoms with Gasteiger partial charge in [-0.1, -0.05) is 26.0 Å². The SMILES string of the molecule is Cc1csc(NC(=O)c2ccccc2SC(C)C)n1. The van der Waals surface area contributed by atoms with E-state index in [1.807, 2.05) is 36.6 Å². The highest BCUT2D eigenvalue weighted by atomic mass is 32.2. The van der Waals surface area contributed by atoms with E-state index in [4.69, 9.17) is 0 Å². The van der Waals surface area contributed by atoms with E-state index >= 15 is 0 Å². The van der Waals surface area contributed by atoms with Crippen LogP contribution in [0.2, 0.25) is 0 Å². The highest BCUT2D eigenvalue weighted by molar-refractivity contribution is 8.00. The summed E-state index contributed by atoms with van der Waals surface area (Å²) < 4.78 is 0. The Labute approximate surface area is 121 Å². The maximum Gasteiger partial charge on any atom is 0.258 e. The highest BCUT2D eigenvalue weighted by Gasteiger charge is 2.13. The highest BCUT2D eigenvalue weighted by Crippen LogP contribution is 2.27. The number of hydrogen-bond donors (Lipinski definition) is 1. The number of anilines is 1. The number of amides is 1. The topological polar surface area (TPSA) is 42.0 Å². The van der Waals surface area contributed by atoms with Crippen LogP contribution in [0, 0.1) is 6.92 Å². The lowest BCUT2D eigenvalue weighted by Crippen LogP contribution is -2.13. The third kappa shape index (κ3) is 3.81. The Morgan fingerprint density at radius 3 is 2.74 bits per heavy atom. The summed E-state index contributed by atoms with van der Waals surface area (Å²) in [5.41, 5.74) is 1.62. The van der Waals surface area contributed by atoms with Gasteiger partial charge in [-0.15, -0.1) is 23.1 Å². The molecule has 1 aromatic heterocycles. The molecule has 0 saturated heterocycles. The van der Waals surface area contributed by atoms with Gasteiger partial charge in [0.25, 0.3) is 5.91 Å². The molecule has 1 amide bonds. The Hall–Kier alpha value is -1.33. The van der Waals surface area contributed by atoms with Crippen LogP contribution in [0.4, 0.5) is 5.13 Å². The summed E-state index contributed by atoms with van der Waals surface area (Å²) in [5.74, 6) is -0.0990. The standard InChI is InChI=1S/C14H16N2OS2/c1-9(2)19-12-7-5-4-6-11(12)13(17)16-14-15-10(3)8-18-14/h4-9H,1-3H3,(H,15,16,17). The minimum Gasteiger partial charge on any atom is -0.298 e. The van der Waals surface area contributed by atoms with Crippen LogP contribution in [0.3, 0.4) is 0 Å². The molecule has 2 aromatic rings. The first kappa shape index (κ1) is 14.1. The molecule has 1 N–H and O–H groups in total. The number of nitrogens with one attached hydrogen (secondary N) is 1. The first-order valence-electron chi connectivity index (χ1n) is 6.05. The summed E-state index contributed by atoms with van der Waals surface area (Å²) in [5, 5.41) is 5.85. The molecule has 100 valence electrons. The summed E-state index contributed by atoms with van der Waals surface area (Å²) in [4.78, 5) is 17.5. The third-order valence-corrected chi connectivity index (χ3v) is 4.29. The Balaban J connectivity index is 2.18. The average Bonchev–Trinajstić information content (AvgIpc) is 2.74. The fraction of sp³-hybridized carbons (Fsp3) is 0.286. The predicted octanol–water partition coefficient (Wildman–Crippen LogP) is 4.20. The van der Waals surface area contributed by atoms with E-state index in [0.29, 0.717) is 15.9 Å². The second-order valence-corrected chi connectivity index (χ2v) is 6.89. The molecule has 0 aliphatic heterocycles. The number of carbonyl (C=O) groups excluding carboxylic acids is 1. The van der Waals surface area contributed by atoms with Crippen LogP contribution in [-0.4, -0.2) is 16.1 Å². The molecular formula is C14H16N2OS2. The van der Waals surface area contributed by atoms with Gasteiger partial charge in [-0.2, -0.15) is 0 Å². The number of aromatic nitrogens is 1. The molecule has 0 bridgehead atoms. The molecule has 0 atom stereocenters. The van der Waals surface area contributed by atoms with Gasteiger partial charge in [-0.3, -0.25) is 10.1 Å². The Kier molecular flexibility index (Phi) is 4.61. The van der Waals surface area contributed by atoms with Gasteiger partial charge < -0.3 is 0 Å². The first-order chi connectivity index (χ1) is 9.06. The number of benzene rings is 1. The lowest BCUT2D eigenvalue weighted by Gasteiger charge is -2.10. The van der Waals surface area contributed by atoms with Gasteiger partial charge in [0.15, 0.2) is 5.13 Å². The molecule has 0 aliphatic carbocycles. The van der Waals surface area contributed by atoms with E-state index in [0.717, 1.165) is 10.6 Å². The smallest absolute Gasteiger partial charge is 0.258 e. The molecule has 19 heavy (non-hydrogen) atoms. The molecule has 0 spiro atoms. The van der Waals surface area contributed by atoms with Crippen LogP contribution in [0.1, 0.15) is 29.9 Å². The number of thioether (sulfide) groups is 1. The Morgan fingerprint density at radius 2 is 2.11 bits per heavy atom. The van der Waals surface area contributed by atoms with Gasteiger partial charge in [0.2, 0.25) is 0 Å². The maximum absolute atomic E-state index is 12.3. The number of nitrogens with zero attached hydrogens (tertiary/aromatic N) is 1. The van der Waals surface area contributed by atoms with Crippen molar-refractivity contribution in [1.82, 2.24) is 4.98 Å². The molecule has 1 heterocycles. The van der Waals surface area contributed by atoms with Crippen LogP contribution in [-0.2, 0) is 0 Å². The molecule has 1 aromatic carbocycles. The van der Waals surface area contributed by atoms with Gasteiger partial charge in [0.1, 0.15) is 0 Å². The predicted molar refractivity (Wildman–Crippen MR) is 82.2 cm³/mol. The van der Waals surface area contributed by atoms with Crippen molar-refractivity contribution in [3.8, 4) is 0 Å². The zero-order chi connectivity index (χ0) is 13.8. The van der Waals surface area contributed by atoms with Gasteiger partial charge in [-0.25, -0.2) is 4.98 Å². The fourth-order valence-electron chi connectivity index (χ4n) is 1.59. The van der Waals surface area contributed by atoms with E-state index in [-0.39, 0.29) is 5.91 Å². The summed E-state index contributed by atoms with van der Waals surface area (Å²) in [6.45, 7) is 6.14. The summed E-state index contributed by atoms with van der Waals surface area (Å²) in [6.07, 6.45) is 0. The molecule has 0 saturated carbocycles. The third-order valence-electron chi connectivity index (χ3n) is 2.33. The Bertz CT molecular complexity index is 578. The number of hydrogen-bond acceptors (Lipinski definition) is 4. The van der Waals surface area contributed by atoms with E-state index < -0.39 is 0 Å². The second kappa shape index (κ2) is 6.21. The van der Waals surface area contributed by atoms with Crippen molar-refractivity contribution in [2.45, 2.75) is 30.9 Å². The average molecular weight is 292 g/mol. The van der Waals surface area contributed by atoms with Crippen molar-refractivity contribution in [3.63, 3.8) is 0 Å². The minimum atomic E-state index is -0.0990. The van der Waals surface area contributed by atoms with E-state index in [9.17, 15) is 4.79 Å². The van der Waals surface area contributed by atoms with Gasteiger partial charge in [0, 0.05) is 15.5 Å². The molecular weight excluding hydrogens is 276 g/mol. The normalized spacial score (nSPS) is 10.7. The molecule has 0 radical (unpaired) electrons. The fourth-order valence-corrected chi connectivity index (χ4v) is 3.22. The second-order valence-electron chi connectivity index (χ2n) is 4.41. The number of thiazole rings is 1. The summed E-state index contributed by atoms with van der Waals surface area (Å²) in [6, 6.07) is 7.66. The molecule has 0 unspecified atom stereocenters. The molecule has 0 aliphatic rings. The van der Waals surface area contributed by atoms with E-state index in [2.05, 4.69) is 24.1 Å². The minimum absolute atomic E-state index is 0.0990. The van der Waals surface area contributed by atoms with Crippen molar-refractivity contribution in [2.24, 2.45) is 0 Å². The first-order valence-corrected chi connectivity index (χ1v) is 7.81. The lowest BCUT2D eigenvalue weighted by atomic mass is 10.2. The van der Waals surface area contributed by atoms with Crippen molar-refractivity contribution >= 4 is 34.1 Å². The quantitative estimate of drug-likeness (QED) is 0.859. The largest absolute Gasteiger partial charge is 0.298 e. The van der Waals surface area contributed by atoms with Crippen LogP contribution < -0.4 is 5.32 Å².